The SMILES string of the molecule is ClC(Cl)=C(c1ccccc1)c1ccc(Cl)cc1. The van der Waals surface area contributed by atoms with E-state index >= 15 is 0 Å². The molecule has 2 aromatic rings. The van der Waals surface area contributed by atoms with Gasteiger partial charge >= 0.3 is 0 Å². The summed E-state index contributed by atoms with van der Waals surface area (Å²) in [7, 11) is 0. The van der Waals surface area contributed by atoms with Gasteiger partial charge in [-0.3, -0.25) is 0 Å². The van der Waals surface area contributed by atoms with Gasteiger partial charge in [-0.15, -0.1) is 0 Å². The first-order chi connectivity index (χ1) is 8.18. The fraction of sp³-hybridized carbons (Fsp3) is 0. The summed E-state index contributed by atoms with van der Waals surface area (Å²) in [6, 6.07) is 17.2. The summed E-state index contributed by atoms with van der Waals surface area (Å²) >= 11 is 17.8. The largest absolute Gasteiger partial charge is 0.115 e. The van der Waals surface area contributed by atoms with E-state index in [4.69, 9.17) is 34.8 Å². The monoisotopic (exact) mass is 282 g/mol. The van der Waals surface area contributed by atoms with Crippen LogP contribution in [0.2, 0.25) is 5.02 Å². The molecular formula is C14H9Cl3. The summed E-state index contributed by atoms with van der Waals surface area (Å²) in [4.78, 5) is 0. The van der Waals surface area contributed by atoms with E-state index in [9.17, 15) is 0 Å². The highest BCUT2D eigenvalue weighted by molar-refractivity contribution is 6.59. The zero-order valence-electron chi connectivity index (χ0n) is 8.83. The summed E-state index contributed by atoms with van der Waals surface area (Å²) in [5, 5.41) is 0.687. The zero-order chi connectivity index (χ0) is 12.3. The van der Waals surface area contributed by atoms with Crippen LogP contribution in [0.25, 0.3) is 5.57 Å². The predicted molar refractivity (Wildman–Crippen MR) is 75.6 cm³/mol. The minimum atomic E-state index is 0.249. The maximum absolute atomic E-state index is 5.96. The minimum Gasteiger partial charge on any atom is -0.0843 e. The molecule has 2 rings (SSSR count). The molecule has 0 bridgehead atoms. The summed E-state index contributed by atoms with van der Waals surface area (Å²) in [6.07, 6.45) is 0. The Hall–Kier alpha value is -0.950. The standard InChI is InChI=1S/C14H9Cl3/c15-12-8-6-11(7-9-12)13(14(16)17)10-4-2-1-3-5-10/h1-9H. The van der Waals surface area contributed by atoms with Gasteiger partial charge in [-0.1, -0.05) is 77.3 Å². The van der Waals surface area contributed by atoms with Gasteiger partial charge in [0.1, 0.15) is 4.49 Å². The fourth-order valence-electron chi connectivity index (χ4n) is 1.61. The predicted octanol–water partition coefficient (Wildman–Crippen LogP) is 5.53. The quantitative estimate of drug-likeness (QED) is 0.679. The van der Waals surface area contributed by atoms with Crippen molar-refractivity contribution in [3.8, 4) is 0 Å². The average molecular weight is 284 g/mol. The Morgan fingerprint density at radius 1 is 0.706 bits per heavy atom. The van der Waals surface area contributed by atoms with Gasteiger partial charge in [-0.2, -0.15) is 0 Å². The molecule has 0 radical (unpaired) electrons. The Kier molecular flexibility index (Phi) is 4.11. The molecule has 0 spiro atoms. The molecule has 0 atom stereocenters. The second kappa shape index (κ2) is 5.59. The molecule has 0 nitrogen and oxygen atoms in total. The number of benzene rings is 2. The fourth-order valence-corrected chi connectivity index (χ4v) is 2.17. The molecule has 0 aliphatic rings. The van der Waals surface area contributed by atoms with Crippen molar-refractivity contribution in [3.05, 3.63) is 75.2 Å². The van der Waals surface area contributed by atoms with Crippen molar-refractivity contribution in [2.45, 2.75) is 0 Å². The topological polar surface area (TPSA) is 0 Å². The average Bonchev–Trinajstić information content (AvgIpc) is 2.33. The lowest BCUT2D eigenvalue weighted by Gasteiger charge is -2.08. The van der Waals surface area contributed by atoms with Crippen LogP contribution in [0.15, 0.2) is 59.1 Å². The van der Waals surface area contributed by atoms with Crippen molar-refractivity contribution in [2.75, 3.05) is 0 Å². The highest BCUT2D eigenvalue weighted by atomic mass is 35.5. The first-order valence-electron chi connectivity index (χ1n) is 5.05. The first-order valence-corrected chi connectivity index (χ1v) is 6.18. The van der Waals surface area contributed by atoms with Crippen LogP contribution < -0.4 is 0 Å². The summed E-state index contributed by atoms with van der Waals surface area (Å²) in [6.45, 7) is 0. The number of hydrogen-bond donors (Lipinski definition) is 0. The molecule has 0 unspecified atom stereocenters. The van der Waals surface area contributed by atoms with Crippen LogP contribution in [-0.2, 0) is 0 Å². The molecule has 0 aliphatic carbocycles. The van der Waals surface area contributed by atoms with Crippen molar-refractivity contribution in [1.29, 1.82) is 0 Å². The molecule has 3 heteroatoms. The minimum absolute atomic E-state index is 0.249. The maximum Gasteiger partial charge on any atom is 0.115 e. The van der Waals surface area contributed by atoms with E-state index < -0.39 is 0 Å². The second-order valence-electron chi connectivity index (χ2n) is 3.51. The van der Waals surface area contributed by atoms with Gasteiger partial charge in [0.25, 0.3) is 0 Å². The van der Waals surface area contributed by atoms with Crippen molar-refractivity contribution in [1.82, 2.24) is 0 Å². The van der Waals surface area contributed by atoms with E-state index in [1.165, 1.54) is 0 Å². The van der Waals surface area contributed by atoms with Crippen LogP contribution >= 0.6 is 34.8 Å². The van der Waals surface area contributed by atoms with Crippen molar-refractivity contribution >= 4 is 40.4 Å². The van der Waals surface area contributed by atoms with E-state index in [1.54, 1.807) is 0 Å². The molecule has 2 aromatic carbocycles. The first kappa shape index (κ1) is 12.5. The van der Waals surface area contributed by atoms with E-state index in [0.29, 0.717) is 5.02 Å². The number of hydrogen-bond acceptors (Lipinski definition) is 0. The van der Waals surface area contributed by atoms with Gasteiger partial charge in [0.05, 0.1) is 0 Å². The van der Waals surface area contributed by atoms with Crippen LogP contribution in [0, 0.1) is 0 Å². The molecule has 0 heterocycles. The Morgan fingerprint density at radius 3 is 1.76 bits per heavy atom. The Morgan fingerprint density at radius 2 is 1.24 bits per heavy atom. The lowest BCUT2D eigenvalue weighted by atomic mass is 10.00. The summed E-state index contributed by atoms with van der Waals surface area (Å²) in [5.74, 6) is 0. The van der Waals surface area contributed by atoms with Gasteiger partial charge in [-0.05, 0) is 23.3 Å². The van der Waals surface area contributed by atoms with Crippen molar-refractivity contribution < 1.29 is 0 Å². The Balaban J connectivity index is 2.52. The Labute approximate surface area is 115 Å². The van der Waals surface area contributed by atoms with E-state index in [2.05, 4.69) is 0 Å². The molecule has 0 saturated carbocycles. The highest BCUT2D eigenvalue weighted by Crippen LogP contribution is 2.31. The second-order valence-corrected chi connectivity index (χ2v) is 4.89. The number of halogens is 3. The van der Waals surface area contributed by atoms with E-state index in [0.717, 1.165) is 16.7 Å². The van der Waals surface area contributed by atoms with Gasteiger partial charge in [0.15, 0.2) is 0 Å². The smallest absolute Gasteiger partial charge is 0.0843 e. The van der Waals surface area contributed by atoms with Crippen LogP contribution in [-0.4, -0.2) is 0 Å². The normalized spacial score (nSPS) is 10.1. The van der Waals surface area contributed by atoms with Crippen molar-refractivity contribution in [2.24, 2.45) is 0 Å². The third-order valence-corrected chi connectivity index (χ3v) is 3.01. The molecular weight excluding hydrogens is 275 g/mol. The third kappa shape index (κ3) is 3.04. The van der Waals surface area contributed by atoms with Crippen molar-refractivity contribution in [3.63, 3.8) is 0 Å². The molecule has 0 aromatic heterocycles. The summed E-state index contributed by atoms with van der Waals surface area (Å²) < 4.78 is 0.249. The lowest BCUT2D eigenvalue weighted by Crippen LogP contribution is -1.88. The zero-order valence-corrected chi connectivity index (χ0v) is 11.1. The molecule has 0 fully saturated rings. The highest BCUT2D eigenvalue weighted by Gasteiger charge is 2.08. The molecule has 0 N–H and O–H groups in total. The van der Waals surface area contributed by atoms with Gasteiger partial charge in [0, 0.05) is 10.6 Å². The van der Waals surface area contributed by atoms with E-state index in [1.807, 2.05) is 54.6 Å². The van der Waals surface area contributed by atoms with Gasteiger partial charge in [-0.25, -0.2) is 0 Å². The molecule has 17 heavy (non-hydrogen) atoms. The molecule has 0 saturated heterocycles. The lowest BCUT2D eigenvalue weighted by molar-refractivity contribution is 1.55. The number of rotatable bonds is 2. The maximum atomic E-state index is 5.96. The van der Waals surface area contributed by atoms with Crippen LogP contribution in [0.3, 0.4) is 0 Å². The summed E-state index contributed by atoms with van der Waals surface area (Å²) in [5.41, 5.74) is 2.74. The van der Waals surface area contributed by atoms with Gasteiger partial charge < -0.3 is 0 Å². The van der Waals surface area contributed by atoms with Crippen LogP contribution in [0.5, 0.6) is 0 Å². The molecule has 0 aliphatic heterocycles. The molecule has 0 amide bonds. The van der Waals surface area contributed by atoms with Crippen LogP contribution in [0.4, 0.5) is 0 Å². The van der Waals surface area contributed by atoms with Gasteiger partial charge in [0.2, 0.25) is 0 Å². The van der Waals surface area contributed by atoms with Crippen LogP contribution in [0.1, 0.15) is 11.1 Å². The third-order valence-electron chi connectivity index (χ3n) is 2.38. The van der Waals surface area contributed by atoms with E-state index in [-0.39, 0.29) is 4.49 Å². The Bertz CT molecular complexity index is 523. The molecule has 86 valence electrons.